The molecule has 1 aromatic rings. The molecule has 0 saturated heterocycles. The van der Waals surface area contributed by atoms with E-state index >= 15 is 0 Å². The summed E-state index contributed by atoms with van der Waals surface area (Å²) in [5.74, 6) is 0. The Morgan fingerprint density at radius 3 is 3.10 bits per heavy atom. The Morgan fingerprint density at radius 2 is 2.20 bits per heavy atom. The van der Waals surface area contributed by atoms with Crippen molar-refractivity contribution in [2.24, 2.45) is 5.73 Å². The van der Waals surface area contributed by atoms with Crippen molar-refractivity contribution in [3.8, 4) is 0 Å². The van der Waals surface area contributed by atoms with Crippen LogP contribution in [0.1, 0.15) is 17.5 Å². The molecule has 2 heteroatoms. The minimum absolute atomic E-state index is 0.419. The van der Waals surface area contributed by atoms with Crippen LogP contribution in [0.25, 0.3) is 0 Å². The van der Waals surface area contributed by atoms with Crippen molar-refractivity contribution in [3.63, 3.8) is 0 Å². The van der Waals surface area contributed by atoms with Crippen molar-refractivity contribution in [3.05, 3.63) is 21.9 Å². The number of hydrogen-bond donors (Lipinski definition) is 1. The van der Waals surface area contributed by atoms with Gasteiger partial charge in [-0.2, -0.15) is 11.3 Å². The van der Waals surface area contributed by atoms with Gasteiger partial charge in [0.2, 0.25) is 0 Å². The van der Waals surface area contributed by atoms with Gasteiger partial charge in [0.15, 0.2) is 0 Å². The molecule has 1 heterocycles. The third-order valence-corrected chi connectivity index (χ3v) is 2.94. The van der Waals surface area contributed by atoms with E-state index in [2.05, 4.69) is 10.8 Å². The van der Waals surface area contributed by atoms with Crippen molar-refractivity contribution in [2.75, 3.05) is 0 Å². The van der Waals surface area contributed by atoms with Gasteiger partial charge in [0, 0.05) is 6.04 Å². The van der Waals surface area contributed by atoms with Gasteiger partial charge in [-0.3, -0.25) is 0 Å². The fraction of sp³-hybridized carbons (Fsp3) is 0.500. The predicted molar refractivity (Wildman–Crippen MR) is 44.3 cm³/mol. The van der Waals surface area contributed by atoms with Gasteiger partial charge in [-0.05, 0) is 41.1 Å². The molecule has 0 fully saturated rings. The van der Waals surface area contributed by atoms with Gasteiger partial charge in [-0.15, -0.1) is 0 Å². The van der Waals surface area contributed by atoms with E-state index in [-0.39, 0.29) is 0 Å². The highest BCUT2D eigenvalue weighted by Gasteiger charge is 2.14. The molecule has 0 saturated carbocycles. The highest BCUT2D eigenvalue weighted by molar-refractivity contribution is 7.08. The highest BCUT2D eigenvalue weighted by Crippen LogP contribution is 2.23. The van der Waals surface area contributed by atoms with Crippen LogP contribution in [0.15, 0.2) is 10.8 Å². The van der Waals surface area contributed by atoms with Crippen molar-refractivity contribution in [1.29, 1.82) is 0 Å². The lowest BCUT2D eigenvalue weighted by Gasteiger charge is -2.17. The maximum Gasteiger partial charge on any atom is 0.00828 e. The summed E-state index contributed by atoms with van der Waals surface area (Å²) < 4.78 is 0. The van der Waals surface area contributed by atoms with Gasteiger partial charge < -0.3 is 5.73 Å². The Kier molecular flexibility index (Phi) is 1.51. The molecule has 10 heavy (non-hydrogen) atoms. The average Bonchev–Trinajstić information content (AvgIpc) is 2.33. The van der Waals surface area contributed by atoms with Crippen LogP contribution in [0.2, 0.25) is 0 Å². The second-order valence-electron chi connectivity index (χ2n) is 2.93. The standard InChI is InChI=1S/C8H11NS/c9-8-2-1-6-4-10-5-7(6)3-8/h4-5,8H,1-3,9H2/t8-/m1/s1. The van der Waals surface area contributed by atoms with Gasteiger partial charge in [0.25, 0.3) is 0 Å². The quantitative estimate of drug-likeness (QED) is 0.601. The number of aryl methyl sites for hydroxylation is 1. The Morgan fingerprint density at radius 1 is 1.40 bits per heavy atom. The van der Waals surface area contributed by atoms with Crippen LogP contribution in [0.4, 0.5) is 0 Å². The lowest BCUT2D eigenvalue weighted by molar-refractivity contribution is 0.579. The number of nitrogens with two attached hydrogens (primary N) is 1. The van der Waals surface area contributed by atoms with Crippen molar-refractivity contribution in [2.45, 2.75) is 25.3 Å². The summed E-state index contributed by atoms with van der Waals surface area (Å²) >= 11 is 1.80. The second kappa shape index (κ2) is 2.36. The monoisotopic (exact) mass is 153 g/mol. The van der Waals surface area contributed by atoms with E-state index in [1.807, 2.05) is 0 Å². The van der Waals surface area contributed by atoms with Crippen LogP contribution in [0.5, 0.6) is 0 Å². The first-order valence-electron chi connectivity index (χ1n) is 3.66. The molecule has 0 aliphatic heterocycles. The van der Waals surface area contributed by atoms with E-state index in [0.29, 0.717) is 6.04 Å². The molecule has 0 unspecified atom stereocenters. The number of fused-ring (bicyclic) bond motifs is 1. The van der Waals surface area contributed by atoms with E-state index in [0.717, 1.165) is 6.42 Å². The summed E-state index contributed by atoms with van der Waals surface area (Å²) in [7, 11) is 0. The van der Waals surface area contributed by atoms with Crippen LogP contribution in [-0.2, 0) is 12.8 Å². The average molecular weight is 153 g/mol. The van der Waals surface area contributed by atoms with Gasteiger partial charge in [-0.25, -0.2) is 0 Å². The molecule has 1 nitrogen and oxygen atoms in total. The molecular formula is C8H11NS. The zero-order chi connectivity index (χ0) is 6.97. The number of hydrogen-bond acceptors (Lipinski definition) is 2. The fourth-order valence-corrected chi connectivity index (χ4v) is 2.39. The summed E-state index contributed by atoms with van der Waals surface area (Å²) in [5, 5.41) is 4.48. The van der Waals surface area contributed by atoms with Crippen LogP contribution in [0, 0.1) is 0 Å². The molecular weight excluding hydrogens is 142 g/mol. The number of rotatable bonds is 0. The third kappa shape index (κ3) is 0.976. The van der Waals surface area contributed by atoms with E-state index < -0.39 is 0 Å². The molecule has 2 rings (SSSR count). The second-order valence-corrected chi connectivity index (χ2v) is 3.67. The lowest BCUT2D eigenvalue weighted by atomic mass is 9.92. The summed E-state index contributed by atoms with van der Waals surface area (Å²) in [6.07, 6.45) is 3.46. The van der Waals surface area contributed by atoms with E-state index in [1.54, 1.807) is 11.3 Å². The molecule has 0 amide bonds. The largest absolute Gasteiger partial charge is 0.327 e. The molecule has 2 N–H and O–H groups in total. The SMILES string of the molecule is N[C@@H]1CCc2cscc2C1. The molecule has 0 radical (unpaired) electrons. The molecule has 0 bridgehead atoms. The third-order valence-electron chi connectivity index (χ3n) is 2.10. The minimum Gasteiger partial charge on any atom is -0.327 e. The Hall–Kier alpha value is -0.340. The smallest absolute Gasteiger partial charge is 0.00828 e. The van der Waals surface area contributed by atoms with Crippen molar-refractivity contribution < 1.29 is 0 Å². The Bertz CT molecular complexity index is 229. The maximum absolute atomic E-state index is 5.81. The van der Waals surface area contributed by atoms with Crippen molar-refractivity contribution >= 4 is 11.3 Å². The van der Waals surface area contributed by atoms with Gasteiger partial charge in [-0.1, -0.05) is 0 Å². The van der Waals surface area contributed by atoms with Gasteiger partial charge in [0.1, 0.15) is 0 Å². The first-order chi connectivity index (χ1) is 4.86. The van der Waals surface area contributed by atoms with Crippen molar-refractivity contribution in [1.82, 2.24) is 0 Å². The number of thiophene rings is 1. The highest BCUT2D eigenvalue weighted by atomic mass is 32.1. The normalized spacial score (nSPS) is 24.3. The molecule has 1 aliphatic carbocycles. The maximum atomic E-state index is 5.81. The predicted octanol–water partition coefficient (Wildman–Crippen LogP) is 1.56. The topological polar surface area (TPSA) is 26.0 Å². The minimum atomic E-state index is 0.419. The molecule has 1 atom stereocenters. The van der Waals surface area contributed by atoms with E-state index in [9.17, 15) is 0 Å². The molecule has 0 spiro atoms. The lowest BCUT2D eigenvalue weighted by Crippen LogP contribution is -2.26. The van der Waals surface area contributed by atoms with Crippen LogP contribution in [0.3, 0.4) is 0 Å². The Balaban J connectivity index is 2.30. The first kappa shape index (κ1) is 6.38. The van der Waals surface area contributed by atoms with E-state index in [1.165, 1.54) is 24.0 Å². The molecule has 54 valence electrons. The van der Waals surface area contributed by atoms with E-state index in [4.69, 9.17) is 5.73 Å². The fourth-order valence-electron chi connectivity index (χ4n) is 1.47. The van der Waals surface area contributed by atoms with Gasteiger partial charge in [0.05, 0.1) is 0 Å². The summed E-state index contributed by atoms with van der Waals surface area (Å²) in [6, 6.07) is 0.419. The van der Waals surface area contributed by atoms with Crippen LogP contribution >= 0.6 is 11.3 Å². The summed E-state index contributed by atoms with van der Waals surface area (Å²) in [5.41, 5.74) is 8.84. The summed E-state index contributed by atoms with van der Waals surface area (Å²) in [4.78, 5) is 0. The zero-order valence-corrected chi connectivity index (χ0v) is 6.66. The zero-order valence-electron chi connectivity index (χ0n) is 5.84. The van der Waals surface area contributed by atoms with Crippen LogP contribution < -0.4 is 5.73 Å². The first-order valence-corrected chi connectivity index (χ1v) is 4.60. The molecule has 0 aromatic carbocycles. The molecule has 1 aliphatic rings. The Labute approximate surface area is 64.9 Å². The summed E-state index contributed by atoms with van der Waals surface area (Å²) in [6.45, 7) is 0. The molecule has 1 aromatic heterocycles. The van der Waals surface area contributed by atoms with Gasteiger partial charge >= 0.3 is 0 Å². The van der Waals surface area contributed by atoms with Crippen LogP contribution in [-0.4, -0.2) is 6.04 Å².